The predicted molar refractivity (Wildman–Crippen MR) is 57.7 cm³/mol. The van der Waals surface area contributed by atoms with Crippen molar-refractivity contribution in [2.45, 2.75) is 12.5 Å². The molecule has 0 aromatic heterocycles. The Labute approximate surface area is 87.8 Å². The third-order valence-corrected chi connectivity index (χ3v) is 2.35. The fourth-order valence-electron chi connectivity index (χ4n) is 1.36. The Hall–Kier alpha value is -1.28. The lowest BCUT2D eigenvalue weighted by molar-refractivity contribution is 0.120. The summed E-state index contributed by atoms with van der Waals surface area (Å²) in [4.78, 5) is 5.14. The van der Waals surface area contributed by atoms with Gasteiger partial charge in [0.15, 0.2) is 6.10 Å². The summed E-state index contributed by atoms with van der Waals surface area (Å²) in [6.45, 7) is 3.66. The molecular formula is C11H10ClNO. The molecule has 0 spiro atoms. The van der Waals surface area contributed by atoms with E-state index in [0.717, 1.165) is 17.7 Å². The molecule has 1 atom stereocenters. The number of nitrogens with zero attached hydrogens (tertiary/aromatic N) is 1. The van der Waals surface area contributed by atoms with Crippen molar-refractivity contribution in [2.24, 2.45) is 5.16 Å². The summed E-state index contributed by atoms with van der Waals surface area (Å²) in [6.07, 6.45) is 2.52. The lowest BCUT2D eigenvalue weighted by Crippen LogP contribution is -2.04. The maximum Gasteiger partial charge on any atom is 0.151 e. The highest BCUT2D eigenvalue weighted by atomic mass is 35.5. The minimum Gasteiger partial charge on any atom is -0.388 e. The van der Waals surface area contributed by atoms with Gasteiger partial charge in [-0.3, -0.25) is 0 Å². The molecule has 72 valence electrons. The maximum absolute atomic E-state index is 5.88. The van der Waals surface area contributed by atoms with Crippen LogP contribution in [-0.4, -0.2) is 11.8 Å². The average molecular weight is 208 g/mol. The predicted octanol–water partition coefficient (Wildman–Crippen LogP) is 3.02. The van der Waals surface area contributed by atoms with Crippen LogP contribution in [0.3, 0.4) is 0 Å². The van der Waals surface area contributed by atoms with Crippen molar-refractivity contribution in [1.29, 1.82) is 0 Å². The van der Waals surface area contributed by atoms with Crippen LogP contribution in [-0.2, 0) is 4.84 Å². The first-order valence-electron chi connectivity index (χ1n) is 4.41. The van der Waals surface area contributed by atoms with Gasteiger partial charge in [-0.05, 0) is 18.2 Å². The molecule has 0 fully saturated rings. The number of hydrogen-bond acceptors (Lipinski definition) is 2. The average Bonchev–Trinajstić information content (AvgIpc) is 2.66. The zero-order valence-corrected chi connectivity index (χ0v) is 8.37. The maximum atomic E-state index is 5.88. The van der Waals surface area contributed by atoms with E-state index in [0.29, 0.717) is 5.02 Å². The highest BCUT2D eigenvalue weighted by Gasteiger charge is 2.18. The molecule has 2 nitrogen and oxygen atoms in total. The van der Waals surface area contributed by atoms with Crippen LogP contribution in [0.25, 0.3) is 0 Å². The Bertz CT molecular complexity index is 387. The van der Waals surface area contributed by atoms with E-state index in [1.807, 2.05) is 24.3 Å². The molecule has 1 unspecified atom stereocenters. The van der Waals surface area contributed by atoms with Gasteiger partial charge in [0.1, 0.15) is 0 Å². The van der Waals surface area contributed by atoms with Gasteiger partial charge in [0, 0.05) is 17.0 Å². The molecular weight excluding hydrogens is 198 g/mol. The molecule has 1 heterocycles. The van der Waals surface area contributed by atoms with Gasteiger partial charge >= 0.3 is 0 Å². The summed E-state index contributed by atoms with van der Waals surface area (Å²) in [7, 11) is 0. The highest BCUT2D eigenvalue weighted by Crippen LogP contribution is 2.19. The number of rotatable bonds is 2. The zero-order valence-electron chi connectivity index (χ0n) is 7.61. The van der Waals surface area contributed by atoms with E-state index in [1.165, 1.54) is 0 Å². The first-order valence-corrected chi connectivity index (χ1v) is 4.78. The summed E-state index contributed by atoms with van der Waals surface area (Å²) in [5.74, 6) is 0. The van der Waals surface area contributed by atoms with Crippen LogP contribution >= 0.6 is 11.6 Å². The number of halogens is 1. The fourth-order valence-corrected chi connectivity index (χ4v) is 1.55. The summed E-state index contributed by atoms with van der Waals surface area (Å²) < 4.78 is 0. The van der Waals surface area contributed by atoms with Crippen molar-refractivity contribution in [3.05, 3.63) is 47.5 Å². The largest absolute Gasteiger partial charge is 0.388 e. The van der Waals surface area contributed by atoms with E-state index < -0.39 is 0 Å². The van der Waals surface area contributed by atoms with Crippen molar-refractivity contribution < 1.29 is 4.84 Å². The van der Waals surface area contributed by atoms with E-state index >= 15 is 0 Å². The first kappa shape index (κ1) is 9.28. The second kappa shape index (κ2) is 3.84. The molecule has 0 N–H and O–H groups in total. The van der Waals surface area contributed by atoms with E-state index in [-0.39, 0.29) is 6.10 Å². The van der Waals surface area contributed by atoms with Crippen molar-refractivity contribution >= 4 is 17.3 Å². The summed E-state index contributed by atoms with van der Waals surface area (Å²) in [5, 5.41) is 4.70. The van der Waals surface area contributed by atoms with Crippen molar-refractivity contribution in [3.8, 4) is 0 Å². The lowest BCUT2D eigenvalue weighted by atomic mass is 10.1. The van der Waals surface area contributed by atoms with Crippen LogP contribution in [0, 0.1) is 0 Å². The Morgan fingerprint density at radius 3 is 3.07 bits per heavy atom. The van der Waals surface area contributed by atoms with Crippen LogP contribution in [0.1, 0.15) is 12.0 Å². The minimum atomic E-state index is 0.00369. The van der Waals surface area contributed by atoms with Crippen LogP contribution in [0.2, 0.25) is 5.02 Å². The Kier molecular flexibility index (Phi) is 2.55. The monoisotopic (exact) mass is 207 g/mol. The number of oxime groups is 1. The highest BCUT2D eigenvalue weighted by molar-refractivity contribution is 6.31. The molecule has 3 heteroatoms. The normalized spacial score (nSPS) is 20.1. The summed E-state index contributed by atoms with van der Waals surface area (Å²) in [6, 6.07) is 7.60. The molecule has 0 saturated carbocycles. The summed E-state index contributed by atoms with van der Waals surface area (Å²) >= 11 is 5.88. The molecule has 1 aliphatic heterocycles. The number of hydrogen-bond donors (Lipinski definition) is 0. The first-order chi connectivity index (χ1) is 6.79. The Morgan fingerprint density at radius 2 is 2.43 bits per heavy atom. The van der Waals surface area contributed by atoms with Gasteiger partial charge in [0.05, 0.1) is 5.71 Å². The molecule has 0 radical (unpaired) electrons. The van der Waals surface area contributed by atoms with Crippen molar-refractivity contribution in [2.75, 3.05) is 0 Å². The zero-order chi connectivity index (χ0) is 9.97. The second-order valence-corrected chi connectivity index (χ2v) is 3.57. The second-order valence-electron chi connectivity index (χ2n) is 3.13. The molecule has 0 bridgehead atoms. The number of benzene rings is 1. The van der Waals surface area contributed by atoms with Crippen molar-refractivity contribution in [3.63, 3.8) is 0 Å². The quantitative estimate of drug-likeness (QED) is 0.684. The van der Waals surface area contributed by atoms with Gasteiger partial charge in [-0.1, -0.05) is 35.5 Å². The standard InChI is InChI=1S/C11H10ClNO/c1-2-10-7-11(13-14-10)8-4-3-5-9(12)6-8/h2-6,10H,1,7H2. The molecule has 1 aromatic carbocycles. The third kappa shape index (κ3) is 1.80. The van der Waals surface area contributed by atoms with Gasteiger partial charge in [0.25, 0.3) is 0 Å². The van der Waals surface area contributed by atoms with E-state index in [1.54, 1.807) is 6.08 Å². The van der Waals surface area contributed by atoms with Crippen LogP contribution in [0.15, 0.2) is 42.1 Å². The third-order valence-electron chi connectivity index (χ3n) is 2.11. The summed E-state index contributed by atoms with van der Waals surface area (Å²) in [5.41, 5.74) is 1.94. The minimum absolute atomic E-state index is 0.00369. The molecule has 14 heavy (non-hydrogen) atoms. The van der Waals surface area contributed by atoms with Crippen LogP contribution in [0.4, 0.5) is 0 Å². The van der Waals surface area contributed by atoms with Gasteiger partial charge in [-0.25, -0.2) is 0 Å². The van der Waals surface area contributed by atoms with Crippen molar-refractivity contribution in [1.82, 2.24) is 0 Å². The van der Waals surface area contributed by atoms with Crippen LogP contribution in [0.5, 0.6) is 0 Å². The van der Waals surface area contributed by atoms with Gasteiger partial charge < -0.3 is 4.84 Å². The molecule has 0 aliphatic carbocycles. The Morgan fingerprint density at radius 1 is 1.57 bits per heavy atom. The van der Waals surface area contributed by atoms with E-state index in [9.17, 15) is 0 Å². The van der Waals surface area contributed by atoms with Gasteiger partial charge in [-0.2, -0.15) is 0 Å². The van der Waals surface area contributed by atoms with Gasteiger partial charge in [0.2, 0.25) is 0 Å². The molecule has 0 amide bonds. The fraction of sp³-hybridized carbons (Fsp3) is 0.182. The van der Waals surface area contributed by atoms with E-state index in [2.05, 4.69) is 11.7 Å². The molecule has 2 rings (SSSR count). The Balaban J connectivity index is 2.21. The molecule has 1 aliphatic rings. The van der Waals surface area contributed by atoms with Crippen LogP contribution < -0.4 is 0 Å². The molecule has 1 aromatic rings. The van der Waals surface area contributed by atoms with Gasteiger partial charge in [-0.15, -0.1) is 0 Å². The van der Waals surface area contributed by atoms with E-state index in [4.69, 9.17) is 16.4 Å². The smallest absolute Gasteiger partial charge is 0.151 e. The lowest BCUT2D eigenvalue weighted by Gasteiger charge is -1.99. The molecule has 0 saturated heterocycles. The SMILES string of the molecule is C=CC1CC(c2cccc(Cl)c2)=NO1. The topological polar surface area (TPSA) is 21.6 Å².